The van der Waals surface area contributed by atoms with Crippen LogP contribution in [-0.2, 0) is 4.74 Å². The van der Waals surface area contributed by atoms with Crippen LogP contribution in [0.15, 0.2) is 29.1 Å². The number of para-hydroxylation sites is 1. The number of rotatable bonds is 3. The molecule has 25 heavy (non-hydrogen) atoms. The van der Waals surface area contributed by atoms with Crippen molar-refractivity contribution in [1.82, 2.24) is 20.2 Å². The minimum atomic E-state index is -0.555. The number of piperidine rings is 1. The molecule has 8 heteroatoms. The van der Waals surface area contributed by atoms with Crippen LogP contribution in [0.4, 0.5) is 4.79 Å². The van der Waals surface area contributed by atoms with E-state index in [1.807, 2.05) is 0 Å². The fourth-order valence-electron chi connectivity index (χ4n) is 2.95. The molecule has 0 saturated carbocycles. The highest BCUT2D eigenvalue weighted by molar-refractivity contribution is 6.04. The molecule has 2 aromatic rings. The third-order valence-electron chi connectivity index (χ3n) is 4.21. The maximum Gasteiger partial charge on any atom is 0.409 e. The molecule has 1 saturated heterocycles. The lowest BCUT2D eigenvalue weighted by Gasteiger charge is -2.31. The zero-order valence-corrected chi connectivity index (χ0v) is 13.9. The van der Waals surface area contributed by atoms with Gasteiger partial charge < -0.3 is 19.9 Å². The van der Waals surface area contributed by atoms with Gasteiger partial charge in [-0.1, -0.05) is 18.2 Å². The maximum atomic E-state index is 12.6. The fourth-order valence-corrected chi connectivity index (χ4v) is 2.95. The highest BCUT2D eigenvalue weighted by Gasteiger charge is 2.25. The second-order valence-electron chi connectivity index (χ2n) is 5.87. The quantitative estimate of drug-likeness (QED) is 0.873. The first-order valence-corrected chi connectivity index (χ1v) is 8.30. The van der Waals surface area contributed by atoms with E-state index in [-0.39, 0.29) is 23.7 Å². The largest absolute Gasteiger partial charge is 0.450 e. The summed E-state index contributed by atoms with van der Waals surface area (Å²) in [7, 11) is 0. The highest BCUT2D eigenvalue weighted by Crippen LogP contribution is 2.15. The fraction of sp³-hybridized carbons (Fsp3) is 0.412. The summed E-state index contributed by atoms with van der Waals surface area (Å²) in [6, 6.07) is 6.98. The third kappa shape index (κ3) is 3.78. The van der Waals surface area contributed by atoms with Gasteiger partial charge in [0.25, 0.3) is 5.91 Å². The number of hydrogen-bond donors (Lipinski definition) is 2. The van der Waals surface area contributed by atoms with Crippen LogP contribution >= 0.6 is 0 Å². The smallest absolute Gasteiger partial charge is 0.409 e. The van der Waals surface area contributed by atoms with Crippen molar-refractivity contribution < 1.29 is 14.3 Å². The van der Waals surface area contributed by atoms with Crippen LogP contribution in [0.25, 0.3) is 10.9 Å². The Kier molecular flexibility index (Phi) is 4.97. The number of aromatic amines is 1. The summed E-state index contributed by atoms with van der Waals surface area (Å²) in [5, 5.41) is 3.51. The number of nitrogens with one attached hydrogen (secondary N) is 2. The van der Waals surface area contributed by atoms with Gasteiger partial charge in [-0.2, -0.15) is 4.98 Å². The van der Waals surface area contributed by atoms with Crippen molar-refractivity contribution in [1.29, 1.82) is 0 Å². The number of likely N-dealkylation sites (tertiary alicyclic amines) is 1. The van der Waals surface area contributed by atoms with Gasteiger partial charge >= 0.3 is 11.8 Å². The Labute approximate surface area is 144 Å². The van der Waals surface area contributed by atoms with Gasteiger partial charge in [0.15, 0.2) is 0 Å². The Morgan fingerprint density at radius 3 is 2.76 bits per heavy atom. The number of carbonyl (C=O) groups excluding carboxylic acids is 2. The van der Waals surface area contributed by atoms with Crippen molar-refractivity contribution in [3.63, 3.8) is 0 Å². The Hall–Kier alpha value is -2.90. The number of aromatic nitrogens is 2. The number of fused-ring (bicyclic) bond motifs is 1. The van der Waals surface area contributed by atoms with Crippen molar-refractivity contribution in [2.24, 2.45) is 0 Å². The molecular weight excluding hydrogens is 324 g/mol. The molecule has 2 N–H and O–H groups in total. The molecule has 0 atom stereocenters. The van der Waals surface area contributed by atoms with Gasteiger partial charge in [0.1, 0.15) is 5.69 Å². The zero-order chi connectivity index (χ0) is 17.8. The van der Waals surface area contributed by atoms with Gasteiger partial charge in [0, 0.05) is 24.5 Å². The molecule has 1 aromatic heterocycles. The molecule has 3 rings (SSSR count). The number of ether oxygens (including phenoxy) is 1. The minimum Gasteiger partial charge on any atom is -0.450 e. The summed E-state index contributed by atoms with van der Waals surface area (Å²) < 4.78 is 4.98. The van der Waals surface area contributed by atoms with Crippen molar-refractivity contribution >= 4 is 22.9 Å². The normalized spacial score (nSPS) is 15.2. The van der Waals surface area contributed by atoms with Crippen molar-refractivity contribution in [3.05, 3.63) is 40.4 Å². The van der Waals surface area contributed by atoms with E-state index < -0.39 is 5.69 Å². The Balaban J connectivity index is 1.68. The Morgan fingerprint density at radius 1 is 1.32 bits per heavy atom. The molecule has 0 radical (unpaired) electrons. The van der Waals surface area contributed by atoms with Crippen LogP contribution in [0.3, 0.4) is 0 Å². The highest BCUT2D eigenvalue weighted by atomic mass is 16.6. The summed E-state index contributed by atoms with van der Waals surface area (Å²) in [5.41, 5.74) is 0.137. The molecule has 1 aliphatic rings. The second kappa shape index (κ2) is 7.33. The van der Waals surface area contributed by atoms with Crippen molar-refractivity contribution in [2.75, 3.05) is 19.7 Å². The van der Waals surface area contributed by atoms with Crippen LogP contribution in [0.1, 0.15) is 30.3 Å². The summed E-state index contributed by atoms with van der Waals surface area (Å²) in [6.07, 6.45) is 0.937. The number of amides is 2. The number of H-pyrrole nitrogens is 1. The average molecular weight is 344 g/mol. The van der Waals surface area contributed by atoms with Crippen molar-refractivity contribution in [2.45, 2.75) is 25.8 Å². The average Bonchev–Trinajstić information content (AvgIpc) is 2.61. The van der Waals surface area contributed by atoms with Gasteiger partial charge in [0.2, 0.25) is 0 Å². The van der Waals surface area contributed by atoms with Gasteiger partial charge in [0.05, 0.1) is 12.1 Å². The molecule has 0 bridgehead atoms. The second-order valence-corrected chi connectivity index (χ2v) is 5.87. The number of benzene rings is 1. The molecule has 2 heterocycles. The van der Waals surface area contributed by atoms with Crippen molar-refractivity contribution in [3.8, 4) is 0 Å². The lowest BCUT2D eigenvalue weighted by Crippen LogP contribution is -2.47. The molecule has 8 nitrogen and oxygen atoms in total. The van der Waals surface area contributed by atoms with Crippen LogP contribution in [0, 0.1) is 0 Å². The van der Waals surface area contributed by atoms with E-state index in [0.29, 0.717) is 43.4 Å². The van der Waals surface area contributed by atoms with E-state index in [2.05, 4.69) is 15.3 Å². The lowest BCUT2D eigenvalue weighted by atomic mass is 10.0. The monoisotopic (exact) mass is 344 g/mol. The molecule has 0 aliphatic carbocycles. The minimum absolute atomic E-state index is 0.0713. The molecule has 132 valence electrons. The summed E-state index contributed by atoms with van der Waals surface area (Å²) in [6.45, 7) is 3.15. The van der Waals surface area contributed by atoms with Crippen LogP contribution in [0.5, 0.6) is 0 Å². The van der Waals surface area contributed by atoms with Gasteiger partial charge in [-0.15, -0.1) is 0 Å². The zero-order valence-electron chi connectivity index (χ0n) is 13.9. The molecule has 0 spiro atoms. The van der Waals surface area contributed by atoms with E-state index in [9.17, 15) is 14.4 Å². The molecular formula is C17H20N4O4. The molecule has 1 fully saturated rings. The van der Waals surface area contributed by atoms with Crippen LogP contribution in [-0.4, -0.2) is 52.6 Å². The van der Waals surface area contributed by atoms with E-state index in [1.54, 1.807) is 36.1 Å². The third-order valence-corrected chi connectivity index (χ3v) is 4.21. The lowest BCUT2D eigenvalue weighted by molar-refractivity contribution is 0.0857. The Bertz CT molecular complexity index is 840. The standard InChI is InChI=1S/C17H20N4O4/c1-2-25-17(24)21-9-7-11(8-10-21)18-15(22)14-12-5-3-4-6-13(12)19-16(23)20-14/h3-6,11H,2,7-10H2,1H3,(H,18,22)(H,19,20,23). The molecule has 0 unspecified atom stereocenters. The predicted molar refractivity (Wildman–Crippen MR) is 91.4 cm³/mol. The Morgan fingerprint density at radius 2 is 2.04 bits per heavy atom. The topological polar surface area (TPSA) is 104 Å². The SMILES string of the molecule is CCOC(=O)N1CCC(NC(=O)c2nc(=O)[nH]c3ccccc23)CC1. The first-order valence-electron chi connectivity index (χ1n) is 8.30. The van der Waals surface area contributed by atoms with E-state index in [4.69, 9.17) is 4.74 Å². The van der Waals surface area contributed by atoms with E-state index in [1.165, 1.54) is 0 Å². The first kappa shape index (κ1) is 16.9. The van der Waals surface area contributed by atoms with Gasteiger partial charge in [-0.05, 0) is 25.8 Å². The summed E-state index contributed by atoms with van der Waals surface area (Å²) >= 11 is 0. The van der Waals surface area contributed by atoms with E-state index in [0.717, 1.165) is 0 Å². The molecule has 2 amide bonds. The number of carbonyl (C=O) groups is 2. The summed E-state index contributed by atoms with van der Waals surface area (Å²) in [5.74, 6) is -0.378. The maximum absolute atomic E-state index is 12.6. The molecule has 1 aromatic carbocycles. The van der Waals surface area contributed by atoms with Gasteiger partial charge in [-0.25, -0.2) is 9.59 Å². The summed E-state index contributed by atoms with van der Waals surface area (Å²) in [4.78, 5) is 44.0. The predicted octanol–water partition coefficient (Wildman–Crippen LogP) is 1.27. The van der Waals surface area contributed by atoms with Crippen LogP contribution < -0.4 is 11.0 Å². The molecule has 1 aliphatic heterocycles. The number of hydrogen-bond acceptors (Lipinski definition) is 5. The van der Waals surface area contributed by atoms with Crippen LogP contribution in [0.2, 0.25) is 0 Å². The number of nitrogens with zero attached hydrogens (tertiary/aromatic N) is 2. The van der Waals surface area contributed by atoms with Gasteiger partial charge in [-0.3, -0.25) is 4.79 Å². The first-order chi connectivity index (χ1) is 12.1. The van der Waals surface area contributed by atoms with E-state index >= 15 is 0 Å².